The Morgan fingerprint density at radius 3 is 2.29 bits per heavy atom. The van der Waals surface area contributed by atoms with Crippen LogP contribution < -0.4 is 11.1 Å². The van der Waals surface area contributed by atoms with Crippen LogP contribution in [0.3, 0.4) is 0 Å². The van der Waals surface area contributed by atoms with Crippen LogP contribution in [0.2, 0.25) is 0 Å². The normalized spacial score (nSPS) is 44.4. The van der Waals surface area contributed by atoms with Crippen LogP contribution >= 0.6 is 11.6 Å². The second kappa shape index (κ2) is 7.02. The van der Waals surface area contributed by atoms with Crippen LogP contribution in [0.5, 0.6) is 0 Å². The minimum atomic E-state index is -0.191. The van der Waals surface area contributed by atoms with Crippen LogP contribution in [0.15, 0.2) is 30.3 Å². The highest BCUT2D eigenvalue weighted by atomic mass is 35.5. The Balaban J connectivity index is 1.42. The zero-order valence-electron chi connectivity index (χ0n) is 16.7. The van der Waals surface area contributed by atoms with Crippen LogP contribution in [-0.2, 0) is 10.2 Å². The molecule has 0 heterocycles. The standard InChI is InChI=1S/C24H33ClN2O/c25-14-21-16-10-23(18-4-2-1-3-5-18)11-17(21)13-24(12-16,15-23)22(28)27-20-8-6-19(26)7-9-20/h1-5,16-17,19-21H,6-15,26H2,(H,27,28). The molecule has 0 spiro atoms. The first-order valence-corrected chi connectivity index (χ1v) is 11.8. The molecule has 5 fully saturated rings. The van der Waals surface area contributed by atoms with E-state index in [1.807, 2.05) is 0 Å². The van der Waals surface area contributed by atoms with Crippen molar-refractivity contribution >= 4 is 17.5 Å². The zero-order chi connectivity index (χ0) is 19.4. The maximum absolute atomic E-state index is 13.6. The molecule has 5 saturated carbocycles. The average Bonchev–Trinajstić information content (AvgIpc) is 2.70. The fourth-order valence-electron chi connectivity index (χ4n) is 7.49. The second-order valence-corrected chi connectivity index (χ2v) is 10.7. The van der Waals surface area contributed by atoms with Crippen molar-refractivity contribution in [1.29, 1.82) is 0 Å². The first kappa shape index (κ1) is 18.9. The highest BCUT2D eigenvalue weighted by Crippen LogP contribution is 2.67. The number of nitrogens with two attached hydrogens (primary N) is 1. The molecule has 3 N–H and O–H groups in total. The third-order valence-electron chi connectivity index (χ3n) is 8.65. The Hall–Kier alpha value is -1.06. The summed E-state index contributed by atoms with van der Waals surface area (Å²) in [6.45, 7) is 0. The predicted molar refractivity (Wildman–Crippen MR) is 113 cm³/mol. The lowest BCUT2D eigenvalue weighted by atomic mass is 9.40. The molecule has 5 aliphatic rings. The number of hydrogen-bond acceptors (Lipinski definition) is 2. The van der Waals surface area contributed by atoms with Crippen molar-refractivity contribution in [2.24, 2.45) is 28.9 Å². The van der Waals surface area contributed by atoms with Gasteiger partial charge in [0.05, 0.1) is 5.41 Å². The van der Waals surface area contributed by atoms with Gasteiger partial charge in [0.1, 0.15) is 0 Å². The zero-order valence-corrected chi connectivity index (χ0v) is 17.5. The summed E-state index contributed by atoms with van der Waals surface area (Å²) >= 11 is 6.42. The van der Waals surface area contributed by atoms with E-state index in [-0.39, 0.29) is 10.8 Å². The van der Waals surface area contributed by atoms with Gasteiger partial charge in [0.2, 0.25) is 5.91 Å². The second-order valence-electron chi connectivity index (χ2n) is 10.3. The molecule has 4 heteroatoms. The van der Waals surface area contributed by atoms with Gasteiger partial charge in [-0.3, -0.25) is 4.79 Å². The number of benzene rings is 1. The lowest BCUT2D eigenvalue weighted by molar-refractivity contribution is -0.156. The van der Waals surface area contributed by atoms with Crippen molar-refractivity contribution < 1.29 is 4.79 Å². The van der Waals surface area contributed by atoms with Crippen LogP contribution in [0, 0.1) is 23.2 Å². The Kier molecular flexibility index (Phi) is 4.75. The molecule has 2 unspecified atom stereocenters. The number of carbonyl (C=O) groups excluding carboxylic acids is 1. The van der Waals surface area contributed by atoms with Gasteiger partial charge in [-0.1, -0.05) is 30.3 Å². The number of hydrogen-bond donors (Lipinski definition) is 2. The molecular weight excluding hydrogens is 368 g/mol. The molecule has 3 nitrogen and oxygen atoms in total. The highest BCUT2D eigenvalue weighted by molar-refractivity contribution is 6.18. The number of amides is 1. The van der Waals surface area contributed by atoms with Crippen molar-refractivity contribution in [1.82, 2.24) is 5.32 Å². The van der Waals surface area contributed by atoms with Gasteiger partial charge in [-0.25, -0.2) is 0 Å². The minimum absolute atomic E-state index is 0.169. The van der Waals surface area contributed by atoms with Gasteiger partial charge in [-0.05, 0) is 86.5 Å². The number of alkyl halides is 1. The fourth-order valence-corrected chi connectivity index (χ4v) is 8.00. The SMILES string of the molecule is NC1CCC(NC(=O)C23CC4CC(c5ccccc5)(CC(C2)C4CCl)C3)CC1. The first-order valence-electron chi connectivity index (χ1n) is 11.2. The first-order chi connectivity index (χ1) is 13.5. The van der Waals surface area contributed by atoms with E-state index in [1.54, 1.807) is 0 Å². The van der Waals surface area contributed by atoms with Crippen molar-refractivity contribution in [2.45, 2.75) is 75.3 Å². The maximum Gasteiger partial charge on any atom is 0.226 e. The van der Waals surface area contributed by atoms with E-state index in [1.165, 1.54) is 18.4 Å². The van der Waals surface area contributed by atoms with Crippen LogP contribution in [0.1, 0.15) is 63.4 Å². The lowest BCUT2D eigenvalue weighted by Crippen LogP contribution is -2.63. The van der Waals surface area contributed by atoms with Crippen LogP contribution in [0.4, 0.5) is 0 Å². The Morgan fingerprint density at radius 1 is 1.04 bits per heavy atom. The minimum Gasteiger partial charge on any atom is -0.353 e. The summed E-state index contributed by atoms with van der Waals surface area (Å²) in [7, 11) is 0. The number of nitrogens with one attached hydrogen (secondary N) is 1. The summed E-state index contributed by atoms with van der Waals surface area (Å²) in [5, 5.41) is 3.47. The summed E-state index contributed by atoms with van der Waals surface area (Å²) in [5.74, 6) is 2.84. The Morgan fingerprint density at radius 2 is 1.68 bits per heavy atom. The van der Waals surface area contributed by atoms with Gasteiger partial charge in [-0.15, -0.1) is 11.6 Å². The molecule has 2 atom stereocenters. The van der Waals surface area contributed by atoms with E-state index in [9.17, 15) is 4.79 Å². The molecular formula is C24H33ClN2O. The summed E-state index contributed by atoms with van der Waals surface area (Å²) in [6, 6.07) is 11.6. The van der Waals surface area contributed by atoms with Gasteiger partial charge < -0.3 is 11.1 Å². The molecule has 1 amide bonds. The largest absolute Gasteiger partial charge is 0.353 e. The van der Waals surface area contributed by atoms with Gasteiger partial charge in [0.25, 0.3) is 0 Å². The molecule has 1 aromatic carbocycles. The average molecular weight is 401 g/mol. The van der Waals surface area contributed by atoms with Crippen LogP contribution in [-0.4, -0.2) is 23.9 Å². The molecule has 0 saturated heterocycles. The highest BCUT2D eigenvalue weighted by Gasteiger charge is 2.63. The third-order valence-corrected chi connectivity index (χ3v) is 9.01. The van der Waals surface area contributed by atoms with Gasteiger partial charge >= 0.3 is 0 Å². The van der Waals surface area contributed by atoms with E-state index < -0.39 is 0 Å². The monoisotopic (exact) mass is 400 g/mol. The molecule has 4 bridgehead atoms. The summed E-state index contributed by atoms with van der Waals surface area (Å²) in [6.07, 6.45) is 9.63. The van der Waals surface area contributed by atoms with Crippen LogP contribution in [0.25, 0.3) is 0 Å². The number of carbonyl (C=O) groups is 1. The molecule has 5 aliphatic carbocycles. The maximum atomic E-state index is 13.6. The van der Waals surface area contributed by atoms with E-state index in [4.69, 9.17) is 17.3 Å². The summed E-state index contributed by atoms with van der Waals surface area (Å²) < 4.78 is 0. The predicted octanol–water partition coefficient (Wildman–Crippen LogP) is 4.38. The van der Waals surface area contributed by atoms with Gasteiger partial charge in [0.15, 0.2) is 0 Å². The molecule has 0 aliphatic heterocycles. The summed E-state index contributed by atoms with van der Waals surface area (Å²) in [4.78, 5) is 13.6. The van der Waals surface area contributed by atoms with Crippen molar-refractivity contribution in [3.8, 4) is 0 Å². The Labute approximate surface area is 173 Å². The molecule has 152 valence electrons. The van der Waals surface area contributed by atoms with E-state index >= 15 is 0 Å². The number of halogens is 1. The molecule has 0 radical (unpaired) electrons. The summed E-state index contributed by atoms with van der Waals surface area (Å²) in [5.41, 5.74) is 7.48. The quantitative estimate of drug-likeness (QED) is 0.737. The number of rotatable bonds is 4. The lowest BCUT2D eigenvalue weighted by Gasteiger charge is -2.64. The van der Waals surface area contributed by atoms with Crippen molar-refractivity contribution in [3.63, 3.8) is 0 Å². The molecule has 1 aromatic rings. The van der Waals surface area contributed by atoms with E-state index in [0.717, 1.165) is 50.8 Å². The smallest absolute Gasteiger partial charge is 0.226 e. The molecule has 6 rings (SSSR count). The molecule has 0 aromatic heterocycles. The van der Waals surface area contributed by atoms with Gasteiger partial charge in [-0.2, -0.15) is 0 Å². The fraction of sp³-hybridized carbons (Fsp3) is 0.708. The third kappa shape index (κ3) is 3.01. The molecule has 28 heavy (non-hydrogen) atoms. The topological polar surface area (TPSA) is 55.1 Å². The van der Waals surface area contributed by atoms with Crippen molar-refractivity contribution in [3.05, 3.63) is 35.9 Å². The van der Waals surface area contributed by atoms with Crippen molar-refractivity contribution in [2.75, 3.05) is 5.88 Å². The van der Waals surface area contributed by atoms with E-state index in [2.05, 4.69) is 35.6 Å². The van der Waals surface area contributed by atoms with E-state index in [0.29, 0.717) is 35.7 Å². The Bertz CT molecular complexity index is 711. The van der Waals surface area contributed by atoms with Gasteiger partial charge in [0, 0.05) is 18.0 Å².